The quantitative estimate of drug-likeness (QED) is 0.461. The van der Waals surface area contributed by atoms with Crippen molar-refractivity contribution in [2.75, 3.05) is 0 Å². The molecule has 0 nitrogen and oxygen atoms in total. The molecule has 1 radical (unpaired) electrons. The third-order valence-corrected chi connectivity index (χ3v) is 1.99. The van der Waals surface area contributed by atoms with Gasteiger partial charge in [-0.1, -0.05) is 24.6 Å². The van der Waals surface area contributed by atoms with Crippen molar-refractivity contribution >= 4 is 0 Å². The van der Waals surface area contributed by atoms with Gasteiger partial charge in [0.1, 0.15) is 0 Å². The zero-order valence-corrected chi connectivity index (χ0v) is 7.18. The van der Waals surface area contributed by atoms with Gasteiger partial charge in [0.05, 0.1) is 0 Å². The third kappa shape index (κ3) is 4.83. The summed E-state index contributed by atoms with van der Waals surface area (Å²) in [6.45, 7) is 0. The minimum absolute atomic E-state index is 1.11. The van der Waals surface area contributed by atoms with Gasteiger partial charge in [-0.05, 0) is 44.6 Å². The molecule has 0 aliphatic heterocycles. The fourth-order valence-corrected chi connectivity index (χ4v) is 1.29. The third-order valence-electron chi connectivity index (χ3n) is 1.99. The van der Waals surface area contributed by atoms with Crippen LogP contribution >= 0.6 is 0 Å². The van der Waals surface area contributed by atoms with Crippen molar-refractivity contribution in [2.45, 2.75) is 44.9 Å². The lowest BCUT2D eigenvalue weighted by Gasteiger charge is -1.93. The molecule has 0 amide bonds. The molecule has 0 heteroatoms. The van der Waals surface area contributed by atoms with Crippen LogP contribution in [0.3, 0.4) is 0 Å². The van der Waals surface area contributed by atoms with Crippen LogP contribution in [0.1, 0.15) is 44.9 Å². The van der Waals surface area contributed by atoms with Gasteiger partial charge in [-0.25, -0.2) is 0 Å². The van der Waals surface area contributed by atoms with E-state index in [9.17, 15) is 0 Å². The van der Waals surface area contributed by atoms with E-state index in [0.717, 1.165) is 6.42 Å². The zero-order chi connectivity index (χ0) is 7.78. The van der Waals surface area contributed by atoms with Crippen molar-refractivity contribution in [1.29, 1.82) is 0 Å². The molecule has 0 saturated heterocycles. The molecule has 1 aliphatic rings. The van der Waals surface area contributed by atoms with E-state index in [1.807, 2.05) is 0 Å². The maximum Gasteiger partial charge on any atom is -0.0245 e. The Morgan fingerprint density at radius 3 is 2.64 bits per heavy atom. The Balaban J connectivity index is 2.22. The first-order valence-corrected chi connectivity index (χ1v) is 4.70. The van der Waals surface area contributed by atoms with Crippen molar-refractivity contribution in [2.24, 2.45) is 0 Å². The van der Waals surface area contributed by atoms with Crippen LogP contribution in [0.2, 0.25) is 0 Å². The Hall–Kier alpha value is -0.520. The fourth-order valence-electron chi connectivity index (χ4n) is 1.29. The van der Waals surface area contributed by atoms with Gasteiger partial charge in [0, 0.05) is 0 Å². The van der Waals surface area contributed by atoms with E-state index in [2.05, 4.69) is 24.3 Å². The maximum absolute atomic E-state index is 3.31. The number of hydrogen-bond donors (Lipinski definition) is 0. The van der Waals surface area contributed by atoms with Crippen LogP contribution in [-0.4, -0.2) is 0 Å². The minimum atomic E-state index is 1.11. The molecular formula is C11H17. The highest BCUT2D eigenvalue weighted by molar-refractivity contribution is 4.85. The average molecular weight is 149 g/mol. The lowest BCUT2D eigenvalue weighted by molar-refractivity contribution is 0.696. The van der Waals surface area contributed by atoms with Gasteiger partial charge in [0.2, 0.25) is 0 Å². The zero-order valence-electron chi connectivity index (χ0n) is 7.18. The summed E-state index contributed by atoms with van der Waals surface area (Å²) in [6.07, 6.45) is 19.0. The number of rotatable bonds is 0. The Kier molecular flexibility index (Phi) is 4.84. The van der Waals surface area contributed by atoms with E-state index < -0.39 is 0 Å². The first-order valence-electron chi connectivity index (χ1n) is 4.70. The van der Waals surface area contributed by atoms with E-state index in [0.29, 0.717) is 0 Å². The largest absolute Gasteiger partial charge is 0.0885 e. The van der Waals surface area contributed by atoms with Crippen LogP contribution in [0.15, 0.2) is 18.2 Å². The number of hydrogen-bond acceptors (Lipinski definition) is 0. The van der Waals surface area contributed by atoms with E-state index in [4.69, 9.17) is 0 Å². The lowest BCUT2D eigenvalue weighted by Crippen LogP contribution is -1.73. The average Bonchev–Trinajstić information content (AvgIpc) is 2.08. The normalized spacial score (nSPS) is 26.9. The molecule has 0 saturated carbocycles. The molecule has 0 spiro atoms. The summed E-state index contributed by atoms with van der Waals surface area (Å²) in [5.41, 5.74) is 0. The summed E-state index contributed by atoms with van der Waals surface area (Å²) in [5.74, 6) is 0. The summed E-state index contributed by atoms with van der Waals surface area (Å²) < 4.78 is 0. The van der Waals surface area contributed by atoms with Crippen molar-refractivity contribution in [3.63, 3.8) is 0 Å². The highest BCUT2D eigenvalue weighted by atomic mass is 13.9. The fraction of sp³-hybridized carbons (Fsp3) is 0.636. The summed E-state index contributed by atoms with van der Waals surface area (Å²) in [4.78, 5) is 0. The first-order chi connectivity index (χ1) is 5.50. The van der Waals surface area contributed by atoms with Crippen LogP contribution in [0.5, 0.6) is 0 Å². The van der Waals surface area contributed by atoms with Crippen molar-refractivity contribution in [1.82, 2.24) is 0 Å². The second-order valence-electron chi connectivity index (χ2n) is 3.06. The summed E-state index contributed by atoms with van der Waals surface area (Å²) in [6, 6.07) is 0. The lowest BCUT2D eigenvalue weighted by atomic mass is 10.1. The first kappa shape index (κ1) is 8.58. The molecular weight excluding hydrogens is 132 g/mol. The second kappa shape index (κ2) is 6.21. The van der Waals surface area contributed by atoms with Gasteiger partial charge in [0.25, 0.3) is 0 Å². The SMILES string of the molecule is [C]1=C\CCCCC/C=C\CC/1. The number of allylic oxidation sites excluding steroid dienone is 4. The van der Waals surface area contributed by atoms with E-state index in [-0.39, 0.29) is 0 Å². The topological polar surface area (TPSA) is 0 Å². The molecule has 1 rings (SSSR count). The smallest absolute Gasteiger partial charge is 0.0245 e. The van der Waals surface area contributed by atoms with Crippen LogP contribution in [0, 0.1) is 6.08 Å². The van der Waals surface area contributed by atoms with Gasteiger partial charge < -0.3 is 0 Å². The summed E-state index contributed by atoms with van der Waals surface area (Å²) in [5, 5.41) is 0. The Bertz CT molecular complexity index is 115. The van der Waals surface area contributed by atoms with Crippen molar-refractivity contribution < 1.29 is 0 Å². The summed E-state index contributed by atoms with van der Waals surface area (Å²) >= 11 is 0. The predicted octanol–water partition coefficient (Wildman–Crippen LogP) is 3.65. The van der Waals surface area contributed by atoms with Gasteiger partial charge in [-0.2, -0.15) is 0 Å². The highest BCUT2D eigenvalue weighted by Crippen LogP contribution is 2.07. The summed E-state index contributed by atoms with van der Waals surface area (Å²) in [7, 11) is 0. The second-order valence-corrected chi connectivity index (χ2v) is 3.06. The van der Waals surface area contributed by atoms with Crippen molar-refractivity contribution in [3.05, 3.63) is 24.3 Å². The van der Waals surface area contributed by atoms with Crippen molar-refractivity contribution in [3.8, 4) is 0 Å². The van der Waals surface area contributed by atoms with Crippen LogP contribution < -0.4 is 0 Å². The van der Waals surface area contributed by atoms with Gasteiger partial charge >= 0.3 is 0 Å². The molecule has 0 N–H and O–H groups in total. The minimum Gasteiger partial charge on any atom is -0.0885 e. The molecule has 0 fully saturated rings. The monoisotopic (exact) mass is 149 g/mol. The predicted molar refractivity (Wildman–Crippen MR) is 49.3 cm³/mol. The van der Waals surface area contributed by atoms with Crippen LogP contribution in [-0.2, 0) is 0 Å². The standard InChI is InChI=1S/C11H17/c1-2-4-6-8-10-11-9-7-5-3-1/h1-2,10H,3-7,9,11H2/b2-1-,10-8?. The van der Waals surface area contributed by atoms with Gasteiger partial charge in [-0.15, -0.1) is 0 Å². The van der Waals surface area contributed by atoms with Gasteiger partial charge in [0.15, 0.2) is 0 Å². The molecule has 0 aromatic rings. The molecule has 0 atom stereocenters. The van der Waals surface area contributed by atoms with Crippen LogP contribution in [0.4, 0.5) is 0 Å². The Morgan fingerprint density at radius 2 is 1.64 bits per heavy atom. The van der Waals surface area contributed by atoms with E-state index in [1.165, 1.54) is 38.5 Å². The highest BCUT2D eigenvalue weighted by Gasteiger charge is 1.87. The molecule has 0 heterocycles. The van der Waals surface area contributed by atoms with Gasteiger partial charge in [-0.3, -0.25) is 0 Å². The van der Waals surface area contributed by atoms with E-state index >= 15 is 0 Å². The maximum atomic E-state index is 3.31. The van der Waals surface area contributed by atoms with Crippen LogP contribution in [0.25, 0.3) is 0 Å². The Morgan fingerprint density at radius 1 is 0.818 bits per heavy atom. The molecule has 0 aromatic carbocycles. The van der Waals surface area contributed by atoms with E-state index in [1.54, 1.807) is 0 Å². The Labute approximate surface area is 70.0 Å². The molecule has 11 heavy (non-hydrogen) atoms. The molecule has 61 valence electrons. The molecule has 0 aromatic heterocycles. The molecule has 0 unspecified atom stereocenters. The molecule has 0 bridgehead atoms. The molecule has 1 aliphatic carbocycles.